The van der Waals surface area contributed by atoms with Crippen molar-refractivity contribution in [2.75, 3.05) is 26.1 Å². The topological polar surface area (TPSA) is 72.0 Å². The Labute approximate surface area is 141 Å². The number of para-hydroxylation sites is 2. The Morgan fingerprint density at radius 3 is 2.42 bits per heavy atom. The van der Waals surface area contributed by atoms with E-state index in [1.54, 1.807) is 14.2 Å². The highest BCUT2D eigenvalue weighted by molar-refractivity contribution is 5.99. The molecule has 6 heteroatoms. The number of carbonyl (C=O) groups is 1. The molecule has 0 saturated carbocycles. The van der Waals surface area contributed by atoms with Crippen LogP contribution in [-0.2, 0) is 4.79 Å². The van der Waals surface area contributed by atoms with Gasteiger partial charge in [0.05, 0.1) is 32.2 Å². The Morgan fingerprint density at radius 1 is 1.04 bits per heavy atom. The molecule has 2 rings (SSSR count). The predicted molar refractivity (Wildman–Crippen MR) is 94.8 cm³/mol. The smallest absolute Gasteiger partial charge is 0.259 e. The predicted octanol–water partition coefficient (Wildman–Crippen LogP) is 2.66. The van der Waals surface area contributed by atoms with Crippen LogP contribution in [0.4, 0.5) is 5.69 Å². The zero-order chi connectivity index (χ0) is 17.4. The first-order valence-electron chi connectivity index (χ1n) is 7.48. The summed E-state index contributed by atoms with van der Waals surface area (Å²) in [5, 5.41) is 7.13. The number of methoxy groups -OCH3 is 2. The molecule has 0 aromatic heterocycles. The summed E-state index contributed by atoms with van der Waals surface area (Å²) >= 11 is 0. The molecule has 0 spiro atoms. The second-order valence-electron chi connectivity index (χ2n) is 5.01. The average molecular weight is 327 g/mol. The van der Waals surface area contributed by atoms with Crippen LogP contribution in [-0.4, -0.2) is 32.4 Å². The summed E-state index contributed by atoms with van der Waals surface area (Å²) in [6, 6.07) is 14.9. The first-order valence-corrected chi connectivity index (χ1v) is 7.48. The molecule has 126 valence electrons. The van der Waals surface area contributed by atoms with Crippen LogP contribution in [0.25, 0.3) is 0 Å². The van der Waals surface area contributed by atoms with Gasteiger partial charge in [0.25, 0.3) is 5.91 Å². The van der Waals surface area contributed by atoms with Gasteiger partial charge < -0.3 is 14.8 Å². The lowest BCUT2D eigenvalue weighted by Crippen LogP contribution is -2.26. The molecule has 0 atom stereocenters. The van der Waals surface area contributed by atoms with E-state index in [1.165, 1.54) is 0 Å². The maximum absolute atomic E-state index is 11.9. The molecule has 0 heterocycles. The van der Waals surface area contributed by atoms with E-state index in [-0.39, 0.29) is 12.5 Å². The van der Waals surface area contributed by atoms with E-state index in [0.29, 0.717) is 11.5 Å². The molecule has 0 aliphatic heterocycles. The van der Waals surface area contributed by atoms with Crippen molar-refractivity contribution < 1.29 is 14.3 Å². The van der Waals surface area contributed by atoms with Crippen LogP contribution in [0.2, 0.25) is 0 Å². The second-order valence-corrected chi connectivity index (χ2v) is 5.01. The van der Waals surface area contributed by atoms with Crippen LogP contribution in [0.5, 0.6) is 11.5 Å². The minimum absolute atomic E-state index is 0.0970. The first kappa shape index (κ1) is 17.3. The lowest BCUT2D eigenvalue weighted by atomic mass is 10.1. The van der Waals surface area contributed by atoms with Crippen molar-refractivity contribution in [1.82, 2.24) is 5.43 Å². The number of hydrogen-bond donors (Lipinski definition) is 2. The number of nitrogens with zero attached hydrogens (tertiary/aromatic N) is 1. The Balaban J connectivity index is 1.89. The number of carbonyl (C=O) groups excluding carboxylic acids is 1. The average Bonchev–Trinajstić information content (AvgIpc) is 2.64. The minimum atomic E-state index is -0.242. The Hall–Kier alpha value is -3.02. The summed E-state index contributed by atoms with van der Waals surface area (Å²) in [6.45, 7) is 1.93. The van der Waals surface area contributed by atoms with E-state index >= 15 is 0 Å². The number of anilines is 1. The van der Waals surface area contributed by atoms with E-state index in [2.05, 4.69) is 15.8 Å². The normalized spacial score (nSPS) is 10.9. The number of nitrogens with one attached hydrogen (secondary N) is 2. The molecule has 2 N–H and O–H groups in total. The van der Waals surface area contributed by atoms with Crippen LogP contribution >= 0.6 is 0 Å². The third-order valence-corrected chi connectivity index (χ3v) is 3.40. The summed E-state index contributed by atoms with van der Waals surface area (Å²) in [4.78, 5) is 11.9. The standard InChI is InChI=1S/C18H21N3O3/c1-13(14-8-10-15(23-2)11-9-14)20-21-18(22)12-19-16-6-4-5-7-17(16)24-3/h4-11,19H,12H2,1-3H3,(H,21,22)/b20-13+. The molecule has 1 amide bonds. The van der Waals surface area contributed by atoms with Gasteiger partial charge in [-0.05, 0) is 48.9 Å². The fourth-order valence-corrected chi connectivity index (χ4v) is 2.05. The Kier molecular flexibility index (Phi) is 6.19. The molecule has 0 bridgehead atoms. The number of hydrogen-bond acceptors (Lipinski definition) is 5. The minimum Gasteiger partial charge on any atom is -0.497 e. The summed E-state index contributed by atoms with van der Waals surface area (Å²) < 4.78 is 10.3. The van der Waals surface area contributed by atoms with Gasteiger partial charge in [0, 0.05) is 0 Å². The molecule has 0 fully saturated rings. The summed E-state index contributed by atoms with van der Waals surface area (Å²) in [6.07, 6.45) is 0. The lowest BCUT2D eigenvalue weighted by molar-refractivity contribution is -0.119. The zero-order valence-electron chi connectivity index (χ0n) is 14.0. The lowest BCUT2D eigenvalue weighted by Gasteiger charge is -2.10. The maximum atomic E-state index is 11.9. The zero-order valence-corrected chi connectivity index (χ0v) is 14.0. The Bertz CT molecular complexity index is 712. The summed E-state index contributed by atoms with van der Waals surface area (Å²) in [7, 11) is 3.20. The third-order valence-electron chi connectivity index (χ3n) is 3.40. The van der Waals surface area contributed by atoms with E-state index < -0.39 is 0 Å². The van der Waals surface area contributed by atoms with Crippen LogP contribution in [0.3, 0.4) is 0 Å². The summed E-state index contributed by atoms with van der Waals surface area (Å²) in [5.41, 5.74) is 4.91. The van der Waals surface area contributed by atoms with Crippen LogP contribution < -0.4 is 20.2 Å². The van der Waals surface area contributed by atoms with E-state index in [4.69, 9.17) is 9.47 Å². The van der Waals surface area contributed by atoms with Gasteiger partial charge in [0.1, 0.15) is 11.5 Å². The quantitative estimate of drug-likeness (QED) is 0.606. The first-order chi connectivity index (χ1) is 11.6. The number of ether oxygens (including phenoxy) is 2. The molecule has 6 nitrogen and oxygen atoms in total. The van der Waals surface area contributed by atoms with Crippen molar-refractivity contribution >= 4 is 17.3 Å². The van der Waals surface area contributed by atoms with Crippen LogP contribution in [0.15, 0.2) is 53.6 Å². The monoisotopic (exact) mass is 327 g/mol. The van der Waals surface area contributed by atoms with Gasteiger partial charge >= 0.3 is 0 Å². The van der Waals surface area contributed by atoms with Gasteiger partial charge in [-0.2, -0.15) is 5.10 Å². The van der Waals surface area contributed by atoms with Crippen molar-refractivity contribution in [2.45, 2.75) is 6.92 Å². The van der Waals surface area contributed by atoms with E-state index in [0.717, 1.165) is 17.0 Å². The van der Waals surface area contributed by atoms with Crippen molar-refractivity contribution in [3.63, 3.8) is 0 Å². The molecule has 2 aromatic rings. The molecule has 0 saturated heterocycles. The molecule has 24 heavy (non-hydrogen) atoms. The number of amides is 1. The molecular formula is C18H21N3O3. The molecular weight excluding hydrogens is 306 g/mol. The number of rotatable bonds is 7. The SMILES string of the molecule is COc1ccc(/C(C)=N/NC(=O)CNc2ccccc2OC)cc1. The molecule has 0 aliphatic rings. The van der Waals surface area contributed by atoms with Gasteiger partial charge in [0.2, 0.25) is 0 Å². The number of benzene rings is 2. The van der Waals surface area contributed by atoms with Gasteiger partial charge in [-0.1, -0.05) is 12.1 Å². The van der Waals surface area contributed by atoms with Gasteiger partial charge in [-0.25, -0.2) is 5.43 Å². The van der Waals surface area contributed by atoms with Crippen LogP contribution in [0.1, 0.15) is 12.5 Å². The van der Waals surface area contributed by atoms with Crippen molar-refractivity contribution in [3.05, 3.63) is 54.1 Å². The highest BCUT2D eigenvalue weighted by Gasteiger charge is 2.05. The van der Waals surface area contributed by atoms with Gasteiger partial charge in [0.15, 0.2) is 0 Å². The number of hydrazone groups is 1. The highest BCUT2D eigenvalue weighted by atomic mass is 16.5. The van der Waals surface area contributed by atoms with Gasteiger partial charge in [-0.15, -0.1) is 0 Å². The molecule has 0 radical (unpaired) electrons. The Morgan fingerprint density at radius 2 is 1.75 bits per heavy atom. The highest BCUT2D eigenvalue weighted by Crippen LogP contribution is 2.22. The van der Waals surface area contributed by atoms with Gasteiger partial charge in [-0.3, -0.25) is 4.79 Å². The molecule has 0 aliphatic carbocycles. The summed E-state index contributed by atoms with van der Waals surface area (Å²) in [5.74, 6) is 1.22. The van der Waals surface area contributed by atoms with Crippen molar-refractivity contribution in [2.24, 2.45) is 5.10 Å². The van der Waals surface area contributed by atoms with Crippen molar-refractivity contribution in [1.29, 1.82) is 0 Å². The fourth-order valence-electron chi connectivity index (χ4n) is 2.05. The van der Waals surface area contributed by atoms with Crippen LogP contribution in [0, 0.1) is 0 Å². The van der Waals surface area contributed by atoms with E-state index in [1.807, 2.05) is 55.5 Å². The molecule has 0 unspecified atom stereocenters. The largest absolute Gasteiger partial charge is 0.497 e. The third kappa shape index (κ3) is 4.74. The second kappa shape index (κ2) is 8.57. The molecule has 2 aromatic carbocycles. The van der Waals surface area contributed by atoms with E-state index in [9.17, 15) is 4.79 Å². The fraction of sp³-hybridized carbons (Fsp3) is 0.222. The van der Waals surface area contributed by atoms with Crippen molar-refractivity contribution in [3.8, 4) is 11.5 Å². The maximum Gasteiger partial charge on any atom is 0.259 e.